The third-order valence-electron chi connectivity index (χ3n) is 7.59. The topological polar surface area (TPSA) is 59.1 Å². The van der Waals surface area contributed by atoms with E-state index in [-0.39, 0.29) is 17.6 Å². The van der Waals surface area contributed by atoms with Gasteiger partial charge in [-0.05, 0) is 72.9 Å². The molecule has 0 aromatic heterocycles. The molecule has 3 heterocycles. The van der Waals surface area contributed by atoms with E-state index in [2.05, 4.69) is 41.3 Å². The Bertz CT molecular complexity index is 1280. The van der Waals surface area contributed by atoms with Gasteiger partial charge >= 0.3 is 0 Å². The number of Topliss-reactive ketones (excluding diaryl/α,β-unsaturated/α-hetero) is 1. The van der Waals surface area contributed by atoms with Gasteiger partial charge in [0.25, 0.3) is 5.91 Å². The Morgan fingerprint density at radius 3 is 2.22 bits per heavy atom. The highest BCUT2D eigenvalue weighted by atomic mass is 16.6. The molecule has 6 rings (SSSR count). The Morgan fingerprint density at radius 2 is 1.44 bits per heavy atom. The third kappa shape index (κ3) is 4.43. The number of rotatable bonds is 4. The fourth-order valence-electron chi connectivity index (χ4n) is 5.49. The van der Waals surface area contributed by atoms with Crippen molar-refractivity contribution in [3.05, 3.63) is 89.0 Å². The molecule has 1 amide bonds. The van der Waals surface area contributed by atoms with Crippen molar-refractivity contribution in [3.8, 4) is 11.5 Å². The number of anilines is 1. The summed E-state index contributed by atoms with van der Waals surface area (Å²) in [6, 6.07) is 22.0. The van der Waals surface area contributed by atoms with Crippen molar-refractivity contribution in [1.82, 2.24) is 4.90 Å². The van der Waals surface area contributed by atoms with Crippen molar-refractivity contribution < 1.29 is 19.1 Å². The first-order valence-corrected chi connectivity index (χ1v) is 12.8. The van der Waals surface area contributed by atoms with Gasteiger partial charge in [-0.1, -0.05) is 24.3 Å². The van der Waals surface area contributed by atoms with Crippen LogP contribution in [0.15, 0.2) is 66.7 Å². The van der Waals surface area contributed by atoms with E-state index in [0.29, 0.717) is 61.8 Å². The van der Waals surface area contributed by atoms with Gasteiger partial charge in [-0.2, -0.15) is 0 Å². The highest BCUT2D eigenvalue weighted by Gasteiger charge is 2.29. The highest BCUT2D eigenvalue weighted by Crippen LogP contribution is 2.33. The molecule has 6 nitrogen and oxygen atoms in total. The number of nitrogens with zero attached hydrogens (tertiary/aromatic N) is 2. The fourth-order valence-corrected chi connectivity index (χ4v) is 5.49. The zero-order valence-corrected chi connectivity index (χ0v) is 20.3. The molecule has 3 aliphatic heterocycles. The summed E-state index contributed by atoms with van der Waals surface area (Å²) >= 11 is 0. The fraction of sp³-hybridized carbons (Fsp3) is 0.333. The van der Waals surface area contributed by atoms with Crippen molar-refractivity contribution in [3.63, 3.8) is 0 Å². The average molecular weight is 483 g/mol. The van der Waals surface area contributed by atoms with Crippen LogP contribution in [0, 0.1) is 5.92 Å². The van der Waals surface area contributed by atoms with Crippen LogP contribution in [0.1, 0.15) is 44.7 Å². The predicted molar refractivity (Wildman–Crippen MR) is 138 cm³/mol. The number of piperidine rings is 1. The van der Waals surface area contributed by atoms with Gasteiger partial charge < -0.3 is 19.3 Å². The largest absolute Gasteiger partial charge is 0.486 e. The molecule has 6 heteroatoms. The molecule has 0 N–H and O–H groups in total. The minimum atomic E-state index is -0.0824. The molecule has 1 fully saturated rings. The number of carbonyl (C=O) groups is 2. The number of ketones is 1. The molecule has 0 atom stereocenters. The number of benzene rings is 3. The molecule has 3 aliphatic rings. The van der Waals surface area contributed by atoms with Crippen LogP contribution in [-0.2, 0) is 13.0 Å². The third-order valence-corrected chi connectivity index (χ3v) is 7.59. The maximum Gasteiger partial charge on any atom is 0.253 e. The molecule has 0 saturated carbocycles. The molecular weight excluding hydrogens is 452 g/mol. The monoisotopic (exact) mass is 482 g/mol. The van der Waals surface area contributed by atoms with Crippen molar-refractivity contribution in [2.75, 3.05) is 37.7 Å². The van der Waals surface area contributed by atoms with Crippen LogP contribution < -0.4 is 14.4 Å². The number of likely N-dealkylation sites (tertiary alicyclic amines) is 1. The second-order valence-electron chi connectivity index (χ2n) is 9.78. The van der Waals surface area contributed by atoms with Crippen LogP contribution in [0.5, 0.6) is 11.5 Å². The Hall–Kier alpha value is -3.80. The Morgan fingerprint density at radius 1 is 0.750 bits per heavy atom. The lowest BCUT2D eigenvalue weighted by atomic mass is 9.88. The van der Waals surface area contributed by atoms with Crippen LogP contribution in [-0.4, -0.2) is 49.4 Å². The maximum atomic E-state index is 13.2. The molecule has 1 saturated heterocycles. The Kier molecular flexibility index (Phi) is 6.09. The molecule has 3 aromatic rings. The summed E-state index contributed by atoms with van der Waals surface area (Å²) in [6.45, 7) is 4.08. The summed E-state index contributed by atoms with van der Waals surface area (Å²) in [7, 11) is 0. The molecule has 0 radical (unpaired) electrons. The average Bonchev–Trinajstić information content (AvgIpc) is 2.96. The van der Waals surface area contributed by atoms with E-state index in [9.17, 15) is 9.59 Å². The summed E-state index contributed by atoms with van der Waals surface area (Å²) in [5.41, 5.74) is 5.30. The number of fused-ring (bicyclic) bond motifs is 2. The Balaban J connectivity index is 1.06. The zero-order chi connectivity index (χ0) is 24.5. The second-order valence-corrected chi connectivity index (χ2v) is 9.78. The second kappa shape index (κ2) is 9.69. The molecular formula is C30H30N2O4. The quantitative estimate of drug-likeness (QED) is 0.502. The molecule has 0 spiro atoms. The van der Waals surface area contributed by atoms with Gasteiger partial charge in [0.15, 0.2) is 17.3 Å². The molecule has 0 aliphatic carbocycles. The summed E-state index contributed by atoms with van der Waals surface area (Å²) in [5.74, 6) is 1.40. The van der Waals surface area contributed by atoms with Crippen molar-refractivity contribution in [1.29, 1.82) is 0 Å². The SMILES string of the molecule is O=C(c1ccc2c(c1)OCCO2)C1CCN(C(=O)c2ccc(N3CCc4ccccc4C3)cc2)CC1. The standard InChI is InChI=1S/C30H30N2O4/c33-29(24-7-10-27-28(19-24)36-18-17-35-27)22-12-14-31(15-13-22)30(34)23-5-8-26(9-6-23)32-16-11-21-3-1-2-4-25(21)20-32/h1-10,19,22H,11-18,20H2. The first-order chi connectivity index (χ1) is 17.7. The number of hydrogen-bond donors (Lipinski definition) is 0. The number of ether oxygens (including phenoxy) is 2. The summed E-state index contributed by atoms with van der Waals surface area (Å²) < 4.78 is 11.2. The van der Waals surface area contributed by atoms with Crippen molar-refractivity contribution in [2.24, 2.45) is 5.92 Å². The van der Waals surface area contributed by atoms with Crippen molar-refractivity contribution in [2.45, 2.75) is 25.8 Å². The normalized spacial score (nSPS) is 17.4. The first-order valence-electron chi connectivity index (χ1n) is 12.8. The lowest BCUT2D eigenvalue weighted by Crippen LogP contribution is -2.40. The lowest BCUT2D eigenvalue weighted by molar-refractivity contribution is 0.0650. The van der Waals surface area contributed by atoms with E-state index in [1.54, 1.807) is 6.07 Å². The van der Waals surface area contributed by atoms with Crippen LogP contribution in [0.25, 0.3) is 0 Å². The van der Waals surface area contributed by atoms with E-state index in [1.165, 1.54) is 11.1 Å². The summed E-state index contributed by atoms with van der Waals surface area (Å²) in [6.07, 6.45) is 2.38. The summed E-state index contributed by atoms with van der Waals surface area (Å²) in [4.78, 5) is 30.5. The van der Waals surface area contributed by atoms with Crippen LogP contribution >= 0.6 is 0 Å². The van der Waals surface area contributed by atoms with Gasteiger partial charge in [-0.3, -0.25) is 9.59 Å². The minimum absolute atomic E-state index is 0.0377. The van der Waals surface area contributed by atoms with Gasteiger partial charge in [0, 0.05) is 48.9 Å². The van der Waals surface area contributed by atoms with E-state index in [1.807, 2.05) is 29.2 Å². The first kappa shape index (κ1) is 22.7. The van der Waals surface area contributed by atoms with Gasteiger partial charge in [0.2, 0.25) is 0 Å². The van der Waals surface area contributed by atoms with Crippen LogP contribution in [0.4, 0.5) is 5.69 Å². The summed E-state index contributed by atoms with van der Waals surface area (Å²) in [5, 5.41) is 0. The van der Waals surface area contributed by atoms with E-state index in [0.717, 1.165) is 25.2 Å². The number of amides is 1. The maximum absolute atomic E-state index is 13.2. The molecule has 0 bridgehead atoms. The van der Waals surface area contributed by atoms with Gasteiger partial charge in [-0.15, -0.1) is 0 Å². The van der Waals surface area contributed by atoms with E-state index < -0.39 is 0 Å². The number of carbonyl (C=O) groups excluding carboxylic acids is 2. The van der Waals surface area contributed by atoms with Gasteiger partial charge in [0.1, 0.15) is 13.2 Å². The predicted octanol–water partition coefficient (Wildman–Crippen LogP) is 4.76. The van der Waals surface area contributed by atoms with Crippen LogP contribution in [0.3, 0.4) is 0 Å². The smallest absolute Gasteiger partial charge is 0.253 e. The highest BCUT2D eigenvalue weighted by molar-refractivity contribution is 5.99. The lowest BCUT2D eigenvalue weighted by Gasteiger charge is -2.32. The number of hydrogen-bond acceptors (Lipinski definition) is 5. The van der Waals surface area contributed by atoms with Gasteiger partial charge in [0.05, 0.1) is 0 Å². The van der Waals surface area contributed by atoms with E-state index >= 15 is 0 Å². The molecule has 36 heavy (non-hydrogen) atoms. The van der Waals surface area contributed by atoms with Gasteiger partial charge in [-0.25, -0.2) is 0 Å². The molecule has 0 unspecified atom stereocenters. The van der Waals surface area contributed by atoms with E-state index in [4.69, 9.17) is 9.47 Å². The Labute approximate surface area is 211 Å². The molecule has 184 valence electrons. The molecule has 3 aromatic carbocycles. The van der Waals surface area contributed by atoms with Crippen LogP contribution in [0.2, 0.25) is 0 Å². The minimum Gasteiger partial charge on any atom is -0.486 e. The van der Waals surface area contributed by atoms with Crippen molar-refractivity contribution >= 4 is 17.4 Å². The zero-order valence-electron chi connectivity index (χ0n) is 20.3.